The van der Waals surface area contributed by atoms with Gasteiger partial charge in [0, 0.05) is 25.4 Å². The van der Waals surface area contributed by atoms with Crippen molar-refractivity contribution in [2.75, 3.05) is 20.3 Å². The SMILES string of the molecule is COCCNC(=O)/C(C#N)=C\NC(C)(C)CC(C)(C)C. The Morgan fingerprint density at radius 2 is 1.90 bits per heavy atom. The highest BCUT2D eigenvalue weighted by Gasteiger charge is 2.24. The molecule has 114 valence electrons. The van der Waals surface area contributed by atoms with Crippen LogP contribution in [0, 0.1) is 16.7 Å². The molecule has 0 bridgehead atoms. The quantitative estimate of drug-likeness (QED) is 0.425. The van der Waals surface area contributed by atoms with Gasteiger partial charge in [-0.3, -0.25) is 4.79 Å². The zero-order valence-corrected chi connectivity index (χ0v) is 13.5. The van der Waals surface area contributed by atoms with Crippen molar-refractivity contribution in [3.8, 4) is 6.07 Å². The van der Waals surface area contributed by atoms with E-state index >= 15 is 0 Å². The molecule has 0 fully saturated rings. The van der Waals surface area contributed by atoms with E-state index in [1.54, 1.807) is 7.11 Å². The number of methoxy groups -OCH3 is 1. The number of amides is 1. The third-order valence-corrected chi connectivity index (χ3v) is 2.54. The molecule has 0 radical (unpaired) electrons. The van der Waals surface area contributed by atoms with Gasteiger partial charge in [0.2, 0.25) is 0 Å². The van der Waals surface area contributed by atoms with E-state index in [0.29, 0.717) is 13.2 Å². The third-order valence-electron chi connectivity index (χ3n) is 2.54. The first-order chi connectivity index (χ1) is 9.11. The molecule has 0 aliphatic rings. The van der Waals surface area contributed by atoms with Gasteiger partial charge in [0.15, 0.2) is 0 Å². The molecule has 0 saturated heterocycles. The molecule has 2 N–H and O–H groups in total. The lowest BCUT2D eigenvalue weighted by molar-refractivity contribution is -0.117. The highest BCUT2D eigenvalue weighted by atomic mass is 16.5. The molecule has 0 atom stereocenters. The van der Waals surface area contributed by atoms with Gasteiger partial charge in [0.05, 0.1) is 6.61 Å². The molecule has 0 aromatic rings. The van der Waals surface area contributed by atoms with Gasteiger partial charge in [-0.2, -0.15) is 5.26 Å². The zero-order valence-electron chi connectivity index (χ0n) is 13.5. The van der Waals surface area contributed by atoms with Crippen LogP contribution in [0.3, 0.4) is 0 Å². The van der Waals surface area contributed by atoms with Gasteiger partial charge in [-0.25, -0.2) is 0 Å². The summed E-state index contributed by atoms with van der Waals surface area (Å²) in [5.41, 5.74) is 0.0495. The van der Waals surface area contributed by atoms with Crippen LogP contribution in [0.2, 0.25) is 0 Å². The summed E-state index contributed by atoms with van der Waals surface area (Å²) in [6.07, 6.45) is 2.41. The minimum atomic E-state index is -0.386. The summed E-state index contributed by atoms with van der Waals surface area (Å²) in [6.45, 7) is 11.4. The van der Waals surface area contributed by atoms with Crippen LogP contribution in [0.1, 0.15) is 41.0 Å². The maximum atomic E-state index is 11.8. The molecule has 0 aromatic heterocycles. The fourth-order valence-electron chi connectivity index (χ4n) is 2.15. The molecule has 0 aliphatic carbocycles. The highest BCUT2D eigenvalue weighted by molar-refractivity contribution is 5.97. The highest BCUT2D eigenvalue weighted by Crippen LogP contribution is 2.26. The Morgan fingerprint density at radius 1 is 1.30 bits per heavy atom. The van der Waals surface area contributed by atoms with E-state index in [-0.39, 0.29) is 22.4 Å². The van der Waals surface area contributed by atoms with Crippen molar-refractivity contribution in [3.63, 3.8) is 0 Å². The third kappa shape index (κ3) is 8.54. The molecule has 5 nitrogen and oxygen atoms in total. The predicted octanol–water partition coefficient (Wildman–Crippen LogP) is 1.96. The molecular formula is C15H27N3O2. The summed E-state index contributed by atoms with van der Waals surface area (Å²) in [7, 11) is 1.56. The summed E-state index contributed by atoms with van der Waals surface area (Å²) >= 11 is 0. The van der Waals surface area contributed by atoms with Crippen molar-refractivity contribution in [1.29, 1.82) is 5.26 Å². The van der Waals surface area contributed by atoms with Crippen molar-refractivity contribution in [2.24, 2.45) is 5.41 Å². The molecule has 0 rings (SSSR count). The number of nitrogens with one attached hydrogen (secondary N) is 2. The van der Waals surface area contributed by atoms with Crippen LogP contribution in [-0.2, 0) is 9.53 Å². The first-order valence-electron chi connectivity index (χ1n) is 6.76. The minimum Gasteiger partial charge on any atom is -0.385 e. The number of ether oxygens (including phenoxy) is 1. The Hall–Kier alpha value is -1.54. The molecule has 0 saturated carbocycles. The van der Waals surface area contributed by atoms with Crippen LogP contribution < -0.4 is 10.6 Å². The van der Waals surface area contributed by atoms with E-state index in [4.69, 9.17) is 10.00 Å². The lowest BCUT2D eigenvalue weighted by Gasteiger charge is -2.33. The smallest absolute Gasteiger partial charge is 0.263 e. The fourth-order valence-corrected chi connectivity index (χ4v) is 2.15. The van der Waals surface area contributed by atoms with E-state index in [9.17, 15) is 4.79 Å². The van der Waals surface area contributed by atoms with Crippen molar-refractivity contribution in [1.82, 2.24) is 10.6 Å². The van der Waals surface area contributed by atoms with E-state index in [2.05, 4.69) is 31.4 Å². The normalized spacial score (nSPS) is 12.8. The van der Waals surface area contributed by atoms with Crippen LogP contribution in [0.15, 0.2) is 11.8 Å². The molecule has 0 aromatic carbocycles. The molecule has 1 amide bonds. The molecule has 0 heterocycles. The van der Waals surface area contributed by atoms with Crippen LogP contribution in [-0.4, -0.2) is 31.7 Å². The number of rotatable bonds is 7. The van der Waals surface area contributed by atoms with Crippen molar-refractivity contribution in [3.05, 3.63) is 11.8 Å². The second-order valence-electron chi connectivity index (χ2n) is 6.68. The number of hydrogen-bond donors (Lipinski definition) is 2. The maximum absolute atomic E-state index is 11.8. The van der Waals surface area contributed by atoms with E-state index in [1.807, 2.05) is 19.9 Å². The lowest BCUT2D eigenvalue weighted by Crippen LogP contribution is -2.40. The van der Waals surface area contributed by atoms with Gasteiger partial charge in [-0.05, 0) is 25.7 Å². The Bertz CT molecular complexity index is 387. The Balaban J connectivity index is 4.59. The lowest BCUT2D eigenvalue weighted by atomic mass is 9.82. The van der Waals surface area contributed by atoms with E-state index in [0.717, 1.165) is 6.42 Å². The predicted molar refractivity (Wildman–Crippen MR) is 79.9 cm³/mol. The first kappa shape index (κ1) is 18.5. The van der Waals surface area contributed by atoms with Gasteiger partial charge in [-0.1, -0.05) is 20.8 Å². The van der Waals surface area contributed by atoms with Gasteiger partial charge >= 0.3 is 0 Å². The van der Waals surface area contributed by atoms with Crippen molar-refractivity contribution in [2.45, 2.75) is 46.6 Å². The summed E-state index contributed by atoms with van der Waals surface area (Å²) in [5, 5.41) is 14.8. The zero-order chi connectivity index (χ0) is 15.8. The Morgan fingerprint density at radius 3 is 2.35 bits per heavy atom. The Kier molecular flexibility index (Phi) is 7.30. The summed E-state index contributed by atoms with van der Waals surface area (Å²) in [6, 6.07) is 1.91. The van der Waals surface area contributed by atoms with Crippen LogP contribution in [0.5, 0.6) is 0 Å². The molecular weight excluding hydrogens is 254 g/mol. The minimum absolute atomic E-state index is 0.0723. The molecule has 0 aliphatic heterocycles. The largest absolute Gasteiger partial charge is 0.385 e. The van der Waals surface area contributed by atoms with E-state index < -0.39 is 0 Å². The summed E-state index contributed by atoms with van der Waals surface area (Å²) in [5.74, 6) is -0.386. The van der Waals surface area contributed by atoms with Gasteiger partial charge in [-0.15, -0.1) is 0 Å². The second-order valence-corrected chi connectivity index (χ2v) is 6.68. The molecule has 0 spiro atoms. The van der Waals surface area contributed by atoms with Crippen LogP contribution in [0.4, 0.5) is 0 Å². The number of nitrogens with zero attached hydrogens (tertiary/aromatic N) is 1. The molecule has 5 heteroatoms. The van der Waals surface area contributed by atoms with E-state index in [1.165, 1.54) is 6.20 Å². The molecule has 20 heavy (non-hydrogen) atoms. The van der Waals surface area contributed by atoms with Crippen LogP contribution >= 0.6 is 0 Å². The van der Waals surface area contributed by atoms with Crippen molar-refractivity contribution >= 4 is 5.91 Å². The monoisotopic (exact) mass is 281 g/mol. The van der Waals surface area contributed by atoms with Crippen molar-refractivity contribution < 1.29 is 9.53 Å². The summed E-state index contributed by atoms with van der Waals surface area (Å²) < 4.78 is 4.84. The maximum Gasteiger partial charge on any atom is 0.263 e. The fraction of sp³-hybridized carbons (Fsp3) is 0.733. The number of carbonyl (C=O) groups is 1. The van der Waals surface area contributed by atoms with Gasteiger partial charge in [0.25, 0.3) is 5.91 Å². The topological polar surface area (TPSA) is 74.1 Å². The standard InChI is InChI=1S/C15H27N3O2/c1-14(2,3)11-15(4,5)18-10-12(9-16)13(19)17-7-8-20-6/h10,18H,7-8,11H2,1-6H3,(H,17,19)/b12-10-. The van der Waals surface area contributed by atoms with Gasteiger partial charge in [0.1, 0.15) is 11.6 Å². The summed E-state index contributed by atoms with van der Waals surface area (Å²) in [4.78, 5) is 11.8. The number of hydrogen-bond acceptors (Lipinski definition) is 4. The Labute approximate surface area is 122 Å². The van der Waals surface area contributed by atoms with Crippen LogP contribution in [0.25, 0.3) is 0 Å². The first-order valence-corrected chi connectivity index (χ1v) is 6.76. The number of carbonyl (C=O) groups excluding carboxylic acids is 1. The average molecular weight is 281 g/mol. The number of nitriles is 1. The average Bonchev–Trinajstić information content (AvgIpc) is 2.26. The van der Waals surface area contributed by atoms with Gasteiger partial charge < -0.3 is 15.4 Å². The molecule has 0 unspecified atom stereocenters. The second kappa shape index (κ2) is 7.91.